The molecule has 0 radical (unpaired) electrons. The Hall–Kier alpha value is -2.28. The zero-order chi connectivity index (χ0) is 17.7. The number of hydrogen-bond donors (Lipinski definition) is 3. The van der Waals surface area contributed by atoms with Crippen LogP contribution in [0.5, 0.6) is 0 Å². The summed E-state index contributed by atoms with van der Waals surface area (Å²) in [6.07, 6.45) is 2.22. The number of carbonyl (C=O) groups is 2. The SMILES string of the molecule is COC(=O)c1ccc(NC(=O)NCC2CCC(O)C2)c(N(C)C)c1. The smallest absolute Gasteiger partial charge is 0.337 e. The number of carbonyl (C=O) groups excluding carboxylic acids is 2. The van der Waals surface area contributed by atoms with Crippen LogP contribution in [0.3, 0.4) is 0 Å². The number of aliphatic hydroxyl groups is 1. The first-order valence-electron chi connectivity index (χ1n) is 8.03. The van der Waals surface area contributed by atoms with Crippen molar-refractivity contribution in [3.05, 3.63) is 23.8 Å². The summed E-state index contributed by atoms with van der Waals surface area (Å²) in [5, 5.41) is 15.2. The maximum atomic E-state index is 12.1. The number of anilines is 2. The molecular weight excluding hydrogens is 310 g/mol. The quantitative estimate of drug-likeness (QED) is 0.714. The zero-order valence-electron chi connectivity index (χ0n) is 14.3. The lowest BCUT2D eigenvalue weighted by Gasteiger charge is -2.19. The van der Waals surface area contributed by atoms with Crippen molar-refractivity contribution in [1.82, 2.24) is 5.32 Å². The van der Waals surface area contributed by atoms with Gasteiger partial charge in [0.25, 0.3) is 0 Å². The second kappa shape index (κ2) is 8.01. The number of esters is 1. The van der Waals surface area contributed by atoms with Gasteiger partial charge in [0, 0.05) is 20.6 Å². The van der Waals surface area contributed by atoms with E-state index in [0.717, 1.165) is 19.3 Å². The molecule has 0 aliphatic heterocycles. The lowest BCUT2D eigenvalue weighted by atomic mass is 10.1. The van der Waals surface area contributed by atoms with Crippen molar-refractivity contribution in [2.24, 2.45) is 5.92 Å². The molecule has 2 unspecified atom stereocenters. The van der Waals surface area contributed by atoms with E-state index >= 15 is 0 Å². The number of urea groups is 1. The van der Waals surface area contributed by atoms with Gasteiger partial charge in [-0.15, -0.1) is 0 Å². The van der Waals surface area contributed by atoms with Crippen LogP contribution in [0.25, 0.3) is 0 Å². The van der Waals surface area contributed by atoms with Gasteiger partial charge in [0.15, 0.2) is 0 Å². The van der Waals surface area contributed by atoms with Crippen LogP contribution in [-0.4, -0.2) is 51.0 Å². The van der Waals surface area contributed by atoms with Crippen molar-refractivity contribution in [1.29, 1.82) is 0 Å². The van der Waals surface area contributed by atoms with Crippen LogP contribution < -0.4 is 15.5 Å². The van der Waals surface area contributed by atoms with Crippen LogP contribution in [0.4, 0.5) is 16.2 Å². The maximum Gasteiger partial charge on any atom is 0.337 e. The molecule has 0 aromatic heterocycles. The molecule has 1 aliphatic rings. The van der Waals surface area contributed by atoms with Gasteiger partial charge >= 0.3 is 12.0 Å². The summed E-state index contributed by atoms with van der Waals surface area (Å²) in [6.45, 7) is 0.542. The zero-order valence-corrected chi connectivity index (χ0v) is 14.3. The average Bonchev–Trinajstić information content (AvgIpc) is 2.97. The van der Waals surface area contributed by atoms with E-state index in [0.29, 0.717) is 29.4 Å². The molecule has 1 aromatic carbocycles. The highest BCUT2D eigenvalue weighted by molar-refractivity contribution is 5.96. The lowest BCUT2D eigenvalue weighted by Crippen LogP contribution is -2.33. The predicted molar refractivity (Wildman–Crippen MR) is 92.5 cm³/mol. The first-order chi connectivity index (χ1) is 11.4. The van der Waals surface area contributed by atoms with Crippen LogP contribution in [0.1, 0.15) is 29.6 Å². The molecule has 7 nitrogen and oxygen atoms in total. The third-order valence-corrected chi connectivity index (χ3v) is 4.21. The molecule has 2 amide bonds. The van der Waals surface area contributed by atoms with E-state index in [-0.39, 0.29) is 12.1 Å². The lowest BCUT2D eigenvalue weighted by molar-refractivity contribution is 0.0601. The molecule has 0 saturated heterocycles. The Morgan fingerprint density at radius 2 is 2.08 bits per heavy atom. The summed E-state index contributed by atoms with van der Waals surface area (Å²) in [4.78, 5) is 25.6. The molecule has 3 N–H and O–H groups in total. The van der Waals surface area contributed by atoms with Crippen LogP contribution in [0.2, 0.25) is 0 Å². The van der Waals surface area contributed by atoms with E-state index in [2.05, 4.69) is 10.6 Å². The second-order valence-electron chi connectivity index (χ2n) is 6.29. The number of methoxy groups -OCH3 is 1. The minimum absolute atomic E-state index is 0.244. The van der Waals surface area contributed by atoms with E-state index < -0.39 is 5.97 Å². The summed E-state index contributed by atoms with van der Waals surface area (Å²) in [7, 11) is 5.00. The van der Waals surface area contributed by atoms with E-state index in [1.54, 1.807) is 18.2 Å². The Balaban J connectivity index is 1.99. The Bertz CT molecular complexity index is 603. The Labute approximate surface area is 142 Å². The van der Waals surface area contributed by atoms with Gasteiger partial charge < -0.3 is 25.4 Å². The number of nitrogens with zero attached hydrogens (tertiary/aromatic N) is 1. The fraction of sp³-hybridized carbons (Fsp3) is 0.529. The van der Waals surface area contributed by atoms with E-state index in [1.807, 2.05) is 19.0 Å². The van der Waals surface area contributed by atoms with Crippen molar-refractivity contribution in [3.63, 3.8) is 0 Å². The highest BCUT2D eigenvalue weighted by Gasteiger charge is 2.23. The molecule has 0 heterocycles. The molecule has 2 atom stereocenters. The fourth-order valence-electron chi connectivity index (χ4n) is 2.89. The van der Waals surface area contributed by atoms with Crippen LogP contribution in [0, 0.1) is 5.92 Å². The first-order valence-corrected chi connectivity index (χ1v) is 8.03. The number of benzene rings is 1. The minimum atomic E-state index is -0.422. The number of nitrogens with one attached hydrogen (secondary N) is 2. The normalized spacial score (nSPS) is 19.7. The summed E-state index contributed by atoms with van der Waals surface area (Å²) >= 11 is 0. The van der Waals surface area contributed by atoms with Crippen LogP contribution in [-0.2, 0) is 4.74 Å². The highest BCUT2D eigenvalue weighted by atomic mass is 16.5. The molecule has 1 aliphatic carbocycles. The van der Waals surface area contributed by atoms with Crippen molar-refractivity contribution >= 4 is 23.4 Å². The Kier molecular flexibility index (Phi) is 6.03. The summed E-state index contributed by atoms with van der Waals surface area (Å²) < 4.78 is 4.72. The Morgan fingerprint density at radius 1 is 1.33 bits per heavy atom. The number of rotatable bonds is 5. The van der Waals surface area contributed by atoms with Gasteiger partial charge in [-0.1, -0.05) is 0 Å². The van der Waals surface area contributed by atoms with Gasteiger partial charge in [-0.2, -0.15) is 0 Å². The molecule has 7 heteroatoms. The average molecular weight is 335 g/mol. The highest BCUT2D eigenvalue weighted by Crippen LogP contribution is 2.27. The van der Waals surface area contributed by atoms with Crippen LogP contribution >= 0.6 is 0 Å². The van der Waals surface area contributed by atoms with Crippen LogP contribution in [0.15, 0.2) is 18.2 Å². The van der Waals surface area contributed by atoms with Crippen molar-refractivity contribution in [2.45, 2.75) is 25.4 Å². The summed E-state index contributed by atoms with van der Waals surface area (Å²) in [5.74, 6) is -0.102. The number of amides is 2. The molecule has 1 fully saturated rings. The molecule has 2 rings (SSSR count). The van der Waals surface area contributed by atoms with E-state index in [4.69, 9.17) is 4.74 Å². The van der Waals surface area contributed by atoms with Gasteiger partial charge in [0.05, 0.1) is 30.2 Å². The second-order valence-corrected chi connectivity index (χ2v) is 6.29. The van der Waals surface area contributed by atoms with Crippen molar-refractivity contribution in [2.75, 3.05) is 38.0 Å². The third kappa shape index (κ3) is 4.61. The molecule has 1 saturated carbocycles. The number of aliphatic hydroxyl groups excluding tert-OH is 1. The fourth-order valence-corrected chi connectivity index (χ4v) is 2.89. The first kappa shape index (κ1) is 18.1. The maximum absolute atomic E-state index is 12.1. The van der Waals surface area contributed by atoms with Gasteiger partial charge in [-0.05, 0) is 43.4 Å². The van der Waals surface area contributed by atoms with Crippen molar-refractivity contribution in [3.8, 4) is 0 Å². The molecule has 0 spiro atoms. The Morgan fingerprint density at radius 3 is 2.67 bits per heavy atom. The molecule has 24 heavy (non-hydrogen) atoms. The molecule has 0 bridgehead atoms. The molecular formula is C17H25N3O4. The van der Waals surface area contributed by atoms with E-state index in [9.17, 15) is 14.7 Å². The van der Waals surface area contributed by atoms with Crippen molar-refractivity contribution < 1.29 is 19.4 Å². The van der Waals surface area contributed by atoms with Gasteiger partial charge in [-0.25, -0.2) is 9.59 Å². The third-order valence-electron chi connectivity index (χ3n) is 4.21. The summed E-state index contributed by atoms with van der Waals surface area (Å²) in [6, 6.07) is 4.67. The van der Waals surface area contributed by atoms with Gasteiger partial charge in [0.2, 0.25) is 0 Å². The van der Waals surface area contributed by atoms with E-state index in [1.165, 1.54) is 7.11 Å². The topological polar surface area (TPSA) is 90.9 Å². The predicted octanol–water partition coefficient (Wildman–Crippen LogP) is 1.82. The standard InChI is InChI=1S/C17H25N3O4/c1-20(2)15-9-12(16(22)24-3)5-7-14(15)19-17(23)18-10-11-4-6-13(21)8-11/h5,7,9,11,13,21H,4,6,8,10H2,1-3H3,(H2,18,19,23). The van der Waals surface area contributed by atoms with Gasteiger partial charge in [0.1, 0.15) is 0 Å². The summed E-state index contributed by atoms with van der Waals surface area (Å²) in [5.41, 5.74) is 1.74. The monoisotopic (exact) mass is 335 g/mol. The number of hydrogen-bond acceptors (Lipinski definition) is 5. The molecule has 132 valence electrons. The minimum Gasteiger partial charge on any atom is -0.465 e. The van der Waals surface area contributed by atoms with Gasteiger partial charge in [-0.3, -0.25) is 0 Å². The largest absolute Gasteiger partial charge is 0.465 e. The molecule has 1 aromatic rings. The number of ether oxygens (including phenoxy) is 1.